The van der Waals surface area contributed by atoms with E-state index >= 15 is 0 Å². The van der Waals surface area contributed by atoms with Gasteiger partial charge in [-0.15, -0.1) is 0 Å². The molecule has 32 heavy (non-hydrogen) atoms. The minimum atomic E-state index is -1.60. The van der Waals surface area contributed by atoms with Crippen LogP contribution in [0.1, 0.15) is 58.3 Å². The van der Waals surface area contributed by atoms with Gasteiger partial charge in [0.25, 0.3) is 0 Å². The Morgan fingerprint density at radius 2 is 1.78 bits per heavy atom. The van der Waals surface area contributed by atoms with E-state index in [0.717, 1.165) is 19.3 Å². The van der Waals surface area contributed by atoms with Gasteiger partial charge in [0.15, 0.2) is 5.96 Å². The summed E-state index contributed by atoms with van der Waals surface area (Å²) in [6.45, 7) is 3.79. The van der Waals surface area contributed by atoms with E-state index in [9.17, 15) is 18.0 Å². The maximum Gasteiger partial charge on any atom is 0.229 e. The molecule has 0 aromatic carbocycles. The highest BCUT2D eigenvalue weighted by Crippen LogP contribution is 2.31. The van der Waals surface area contributed by atoms with Crippen molar-refractivity contribution in [3.8, 4) is 0 Å². The van der Waals surface area contributed by atoms with Crippen molar-refractivity contribution in [3.05, 3.63) is 0 Å². The zero-order valence-electron chi connectivity index (χ0n) is 18.7. The normalized spacial score (nSPS) is 39.9. The van der Waals surface area contributed by atoms with E-state index in [-0.39, 0.29) is 36.4 Å². The summed E-state index contributed by atoms with van der Waals surface area (Å²) < 4.78 is 46.0. The largest absolute Gasteiger partial charge is 0.380 e. The number of hydrogen-bond acceptors (Lipinski definition) is 5. The van der Waals surface area contributed by atoms with Gasteiger partial charge in [0.05, 0.1) is 25.9 Å². The zero-order chi connectivity index (χ0) is 22.7. The fraction of sp³-hybridized carbons (Fsp3) is 0.909. The lowest BCUT2D eigenvalue weighted by Crippen LogP contribution is -2.53. The lowest BCUT2D eigenvalue weighted by molar-refractivity contribution is -0.125. The quantitative estimate of drug-likeness (QED) is 0.374. The Balaban J connectivity index is 1.34. The summed E-state index contributed by atoms with van der Waals surface area (Å²) in [6, 6.07) is 0.224. The van der Waals surface area contributed by atoms with Crippen molar-refractivity contribution in [3.63, 3.8) is 0 Å². The molecule has 10 heteroatoms. The summed E-state index contributed by atoms with van der Waals surface area (Å²) in [5.41, 5.74) is 6.45. The van der Waals surface area contributed by atoms with Gasteiger partial charge in [-0.1, -0.05) is 6.92 Å². The number of ether oxygens (including phenoxy) is 1. The average molecular weight is 460 g/mol. The van der Waals surface area contributed by atoms with Crippen molar-refractivity contribution < 1.29 is 22.7 Å². The number of nitrogens with zero attached hydrogens (tertiary/aromatic N) is 1. The van der Waals surface area contributed by atoms with E-state index in [1.54, 1.807) is 0 Å². The molecule has 4 rings (SSSR count). The lowest BCUT2D eigenvalue weighted by atomic mass is 9.82. The molecule has 182 valence electrons. The van der Waals surface area contributed by atoms with Crippen LogP contribution in [0.2, 0.25) is 0 Å². The highest BCUT2D eigenvalue weighted by atomic mass is 19.2. The SMILES string of the molecule is CC1(CN=C(NC(=O)C2CCC(F)C(F)C2)NC2CC(C3CCC(F)CC3)NN2)COC1. The second kappa shape index (κ2) is 10.3. The standard InChI is InChI=1S/C22H36F3N5O2/c1-22(11-32-12-22)10-26-21(28-20(31)14-4-7-16(24)17(25)8-14)27-19-9-18(29-30-19)13-2-5-15(23)6-3-13/h13-19,29-30H,2-12H2,1H3,(H2,26,27,28,31). The number of aliphatic imine (C=N–C) groups is 1. The van der Waals surface area contributed by atoms with Gasteiger partial charge in [-0.2, -0.15) is 0 Å². The van der Waals surface area contributed by atoms with E-state index in [2.05, 4.69) is 33.4 Å². The van der Waals surface area contributed by atoms with Gasteiger partial charge in [-0.3, -0.25) is 20.5 Å². The Bertz CT molecular complexity index is 684. The topological polar surface area (TPSA) is 86.8 Å². The van der Waals surface area contributed by atoms with Gasteiger partial charge in [-0.05, 0) is 57.3 Å². The van der Waals surface area contributed by atoms with Crippen molar-refractivity contribution in [1.82, 2.24) is 21.5 Å². The summed E-state index contributed by atoms with van der Waals surface area (Å²) in [4.78, 5) is 17.4. The molecule has 0 bridgehead atoms. The molecule has 2 aliphatic carbocycles. The monoisotopic (exact) mass is 459 g/mol. The number of amides is 1. The van der Waals surface area contributed by atoms with Crippen LogP contribution in [0.4, 0.5) is 13.2 Å². The van der Waals surface area contributed by atoms with Crippen LogP contribution >= 0.6 is 0 Å². The third kappa shape index (κ3) is 5.94. The number of halogens is 3. The molecule has 5 unspecified atom stereocenters. The van der Waals surface area contributed by atoms with Crippen molar-refractivity contribution in [2.75, 3.05) is 19.8 Å². The Morgan fingerprint density at radius 3 is 2.44 bits per heavy atom. The number of guanidine groups is 1. The summed E-state index contributed by atoms with van der Waals surface area (Å²) in [5, 5.41) is 6.09. The first kappa shape index (κ1) is 23.8. The van der Waals surface area contributed by atoms with Crippen molar-refractivity contribution in [1.29, 1.82) is 0 Å². The molecule has 5 atom stereocenters. The van der Waals surface area contributed by atoms with Crippen LogP contribution in [0.15, 0.2) is 4.99 Å². The molecule has 2 saturated carbocycles. The van der Waals surface area contributed by atoms with Crippen LogP contribution in [0.5, 0.6) is 0 Å². The Morgan fingerprint density at radius 1 is 1.03 bits per heavy atom. The minimum Gasteiger partial charge on any atom is -0.380 e. The molecule has 4 N–H and O–H groups in total. The minimum absolute atomic E-state index is 0.0610. The fourth-order valence-corrected chi connectivity index (χ4v) is 5.10. The summed E-state index contributed by atoms with van der Waals surface area (Å²) in [7, 11) is 0. The third-order valence-corrected chi connectivity index (χ3v) is 7.34. The summed E-state index contributed by atoms with van der Waals surface area (Å²) >= 11 is 0. The van der Waals surface area contributed by atoms with Gasteiger partial charge in [0.2, 0.25) is 5.91 Å². The molecule has 1 amide bonds. The predicted octanol–water partition coefficient (Wildman–Crippen LogP) is 2.28. The fourth-order valence-electron chi connectivity index (χ4n) is 5.10. The molecule has 2 heterocycles. The second-order valence-electron chi connectivity index (χ2n) is 10.3. The number of hydrazine groups is 1. The van der Waals surface area contributed by atoms with Gasteiger partial charge in [0, 0.05) is 17.4 Å². The number of carbonyl (C=O) groups excluding carboxylic acids is 1. The number of hydrogen-bond donors (Lipinski definition) is 4. The average Bonchev–Trinajstić information content (AvgIpc) is 3.21. The van der Waals surface area contributed by atoms with Crippen LogP contribution < -0.4 is 21.5 Å². The molecule has 4 aliphatic rings. The molecule has 2 aliphatic heterocycles. The Kier molecular flexibility index (Phi) is 7.62. The first-order chi connectivity index (χ1) is 15.3. The number of alkyl halides is 3. The zero-order valence-corrected chi connectivity index (χ0v) is 18.7. The lowest BCUT2D eigenvalue weighted by Gasteiger charge is -2.36. The first-order valence-corrected chi connectivity index (χ1v) is 11.9. The van der Waals surface area contributed by atoms with E-state index < -0.39 is 24.4 Å². The van der Waals surface area contributed by atoms with E-state index in [1.807, 2.05) is 0 Å². The smallest absolute Gasteiger partial charge is 0.229 e. The maximum absolute atomic E-state index is 13.8. The molecule has 0 aromatic heterocycles. The highest BCUT2D eigenvalue weighted by Gasteiger charge is 2.37. The van der Waals surface area contributed by atoms with E-state index in [1.165, 1.54) is 0 Å². The van der Waals surface area contributed by atoms with E-state index in [4.69, 9.17) is 4.74 Å². The number of rotatable bonds is 5. The second-order valence-corrected chi connectivity index (χ2v) is 10.3. The molecule has 4 fully saturated rings. The van der Waals surface area contributed by atoms with Gasteiger partial charge in [-0.25, -0.2) is 18.6 Å². The van der Waals surface area contributed by atoms with Crippen LogP contribution in [-0.4, -0.2) is 62.3 Å². The van der Waals surface area contributed by atoms with Crippen LogP contribution in [0.3, 0.4) is 0 Å². The van der Waals surface area contributed by atoms with Crippen LogP contribution in [-0.2, 0) is 9.53 Å². The van der Waals surface area contributed by atoms with Gasteiger partial charge in [0.1, 0.15) is 18.5 Å². The first-order valence-electron chi connectivity index (χ1n) is 11.9. The third-order valence-electron chi connectivity index (χ3n) is 7.34. The van der Waals surface area contributed by atoms with Crippen molar-refractivity contribution in [2.45, 2.75) is 89.0 Å². The van der Waals surface area contributed by atoms with Gasteiger partial charge < -0.3 is 10.1 Å². The van der Waals surface area contributed by atoms with Gasteiger partial charge >= 0.3 is 0 Å². The van der Waals surface area contributed by atoms with Crippen LogP contribution in [0.25, 0.3) is 0 Å². The molecular formula is C22H36F3N5O2. The Hall–Kier alpha value is -1.39. The van der Waals surface area contributed by atoms with E-state index in [0.29, 0.717) is 50.9 Å². The molecule has 0 aromatic rings. The summed E-state index contributed by atoms with van der Waals surface area (Å²) in [6.07, 6.45) is 0.102. The molecule has 0 radical (unpaired) electrons. The number of carbonyl (C=O) groups is 1. The van der Waals surface area contributed by atoms with Crippen LogP contribution in [0, 0.1) is 17.3 Å². The molecule has 2 saturated heterocycles. The Labute approximate surface area is 187 Å². The van der Waals surface area contributed by atoms with Crippen molar-refractivity contribution >= 4 is 11.9 Å². The molecule has 0 spiro atoms. The molecule has 7 nitrogen and oxygen atoms in total. The maximum atomic E-state index is 13.8. The van der Waals surface area contributed by atoms with Crippen molar-refractivity contribution in [2.24, 2.45) is 22.2 Å². The summed E-state index contributed by atoms with van der Waals surface area (Å²) in [5.74, 6) is -0.137. The highest BCUT2D eigenvalue weighted by molar-refractivity contribution is 5.98. The number of nitrogens with one attached hydrogen (secondary N) is 4. The molecular weight excluding hydrogens is 423 g/mol. The predicted molar refractivity (Wildman–Crippen MR) is 115 cm³/mol.